The first kappa shape index (κ1) is 20.0. The topological polar surface area (TPSA) is 44.8 Å². The minimum atomic E-state index is -0.473. The maximum atomic E-state index is 13.7. The van der Waals surface area contributed by atoms with Gasteiger partial charge in [-0.2, -0.15) is 0 Å². The summed E-state index contributed by atoms with van der Waals surface area (Å²) in [6.07, 6.45) is -0.250. The largest absolute Gasteiger partial charge is 0.444 e. The summed E-state index contributed by atoms with van der Waals surface area (Å²) in [5, 5.41) is 3.25. The predicted octanol–water partition coefficient (Wildman–Crippen LogP) is 4.49. The van der Waals surface area contributed by atoms with Crippen molar-refractivity contribution in [3.8, 4) is 0 Å². The van der Waals surface area contributed by atoms with Crippen LogP contribution in [0.1, 0.15) is 26.3 Å². The molecule has 0 saturated carbocycles. The average molecular weight is 385 g/mol. The summed E-state index contributed by atoms with van der Waals surface area (Å²) in [7, 11) is 0. The number of ether oxygens (including phenoxy) is 1. The zero-order valence-corrected chi connectivity index (χ0v) is 16.7. The summed E-state index contributed by atoms with van der Waals surface area (Å²) in [5.41, 5.74) is 2.23. The molecule has 0 atom stereocenters. The number of rotatable bonds is 4. The van der Waals surface area contributed by atoms with E-state index in [1.54, 1.807) is 17.0 Å². The van der Waals surface area contributed by atoms with Crippen molar-refractivity contribution >= 4 is 17.5 Å². The van der Waals surface area contributed by atoms with E-state index in [1.165, 1.54) is 6.07 Å². The summed E-state index contributed by atoms with van der Waals surface area (Å²) in [4.78, 5) is 16.2. The number of anilines is 2. The number of amides is 1. The Bertz CT molecular complexity index is 794. The van der Waals surface area contributed by atoms with E-state index in [4.69, 9.17) is 4.74 Å². The van der Waals surface area contributed by atoms with Gasteiger partial charge in [-0.25, -0.2) is 9.18 Å². The van der Waals surface area contributed by atoms with Crippen LogP contribution < -0.4 is 10.2 Å². The van der Waals surface area contributed by atoms with Crippen molar-refractivity contribution in [2.75, 3.05) is 36.4 Å². The van der Waals surface area contributed by atoms with E-state index < -0.39 is 5.60 Å². The minimum absolute atomic E-state index is 0.200. The van der Waals surface area contributed by atoms with Crippen LogP contribution in [0.3, 0.4) is 0 Å². The van der Waals surface area contributed by atoms with Gasteiger partial charge in [0.25, 0.3) is 0 Å². The van der Waals surface area contributed by atoms with Crippen molar-refractivity contribution < 1.29 is 13.9 Å². The summed E-state index contributed by atoms with van der Waals surface area (Å²) in [5.74, 6) is -0.200. The number of nitrogens with one attached hydrogen (secondary N) is 1. The number of hydrogen-bond donors (Lipinski definition) is 1. The molecular weight excluding hydrogens is 357 g/mol. The van der Waals surface area contributed by atoms with Crippen molar-refractivity contribution in [2.24, 2.45) is 0 Å². The Kier molecular flexibility index (Phi) is 6.07. The third-order valence-corrected chi connectivity index (χ3v) is 4.60. The number of carbonyl (C=O) groups is 1. The van der Waals surface area contributed by atoms with E-state index in [-0.39, 0.29) is 11.9 Å². The van der Waals surface area contributed by atoms with Crippen LogP contribution in [0.25, 0.3) is 0 Å². The van der Waals surface area contributed by atoms with Gasteiger partial charge in [-0.05, 0) is 51.1 Å². The van der Waals surface area contributed by atoms with Crippen LogP contribution in [0, 0.1) is 5.82 Å². The molecule has 1 amide bonds. The molecule has 1 heterocycles. The second kappa shape index (κ2) is 8.50. The standard InChI is InChI=1S/C22H28FN3O2/c1-22(2,3)28-21(27)26-14-12-25(13-15-26)19-10-8-18(9-11-19)24-16-17-6-4-5-7-20(17)23/h4-11,24H,12-16H2,1-3H3. The SMILES string of the molecule is CC(C)(C)OC(=O)N1CCN(c2ccc(NCc3ccccc3F)cc2)CC1. The molecule has 0 unspecified atom stereocenters. The van der Waals surface area contributed by atoms with Gasteiger partial charge in [-0.1, -0.05) is 18.2 Å². The Labute approximate surface area is 166 Å². The Balaban J connectivity index is 1.51. The molecule has 1 aliphatic rings. The van der Waals surface area contributed by atoms with Crippen molar-refractivity contribution in [3.05, 3.63) is 59.9 Å². The molecule has 28 heavy (non-hydrogen) atoms. The summed E-state index contributed by atoms with van der Waals surface area (Å²) in [6.45, 7) is 8.89. The predicted molar refractivity (Wildman–Crippen MR) is 110 cm³/mol. The lowest BCUT2D eigenvalue weighted by Gasteiger charge is -2.36. The van der Waals surface area contributed by atoms with Gasteiger partial charge in [0.1, 0.15) is 11.4 Å². The zero-order chi connectivity index (χ0) is 20.1. The van der Waals surface area contributed by atoms with Gasteiger partial charge in [0.2, 0.25) is 0 Å². The highest BCUT2D eigenvalue weighted by Crippen LogP contribution is 2.21. The number of hydrogen-bond acceptors (Lipinski definition) is 4. The second-order valence-corrected chi connectivity index (χ2v) is 7.95. The smallest absolute Gasteiger partial charge is 0.410 e. The van der Waals surface area contributed by atoms with Crippen LogP contribution in [0.2, 0.25) is 0 Å². The molecule has 6 heteroatoms. The zero-order valence-electron chi connectivity index (χ0n) is 16.7. The molecule has 150 valence electrons. The van der Waals surface area contributed by atoms with E-state index >= 15 is 0 Å². The Hall–Kier alpha value is -2.76. The molecule has 2 aromatic rings. The summed E-state index contributed by atoms with van der Waals surface area (Å²) < 4.78 is 19.1. The van der Waals surface area contributed by atoms with Gasteiger partial charge >= 0.3 is 6.09 Å². The lowest BCUT2D eigenvalue weighted by atomic mass is 10.2. The lowest BCUT2D eigenvalue weighted by Crippen LogP contribution is -2.50. The Morgan fingerprint density at radius 2 is 1.68 bits per heavy atom. The number of piperazine rings is 1. The number of benzene rings is 2. The monoisotopic (exact) mass is 385 g/mol. The van der Waals surface area contributed by atoms with Crippen LogP contribution in [0.5, 0.6) is 0 Å². The first-order valence-electron chi connectivity index (χ1n) is 9.62. The van der Waals surface area contributed by atoms with Gasteiger partial charge < -0.3 is 19.9 Å². The second-order valence-electron chi connectivity index (χ2n) is 7.95. The first-order valence-corrected chi connectivity index (χ1v) is 9.62. The van der Waals surface area contributed by atoms with Crippen molar-refractivity contribution in [1.29, 1.82) is 0 Å². The molecule has 1 aliphatic heterocycles. The molecule has 1 fully saturated rings. The maximum Gasteiger partial charge on any atom is 0.410 e. The third-order valence-electron chi connectivity index (χ3n) is 4.60. The normalized spacial score (nSPS) is 14.7. The fourth-order valence-electron chi connectivity index (χ4n) is 3.10. The molecule has 5 nitrogen and oxygen atoms in total. The van der Waals surface area contributed by atoms with Gasteiger partial charge in [-0.15, -0.1) is 0 Å². The molecule has 1 saturated heterocycles. The molecular formula is C22H28FN3O2. The molecule has 3 rings (SSSR count). The molecule has 0 spiro atoms. The first-order chi connectivity index (χ1) is 13.3. The lowest BCUT2D eigenvalue weighted by molar-refractivity contribution is 0.0240. The van der Waals surface area contributed by atoms with Crippen molar-refractivity contribution in [2.45, 2.75) is 32.9 Å². The van der Waals surface area contributed by atoms with E-state index in [0.717, 1.165) is 24.5 Å². The highest BCUT2D eigenvalue weighted by atomic mass is 19.1. The van der Waals surface area contributed by atoms with Gasteiger partial charge in [0.05, 0.1) is 0 Å². The molecule has 1 N–H and O–H groups in total. The molecule has 0 aliphatic carbocycles. The van der Waals surface area contributed by atoms with Crippen molar-refractivity contribution in [1.82, 2.24) is 4.90 Å². The quantitative estimate of drug-likeness (QED) is 0.842. The van der Waals surface area contributed by atoms with Gasteiger partial charge in [-0.3, -0.25) is 0 Å². The van der Waals surface area contributed by atoms with E-state index in [2.05, 4.69) is 10.2 Å². The van der Waals surface area contributed by atoms with Crippen LogP contribution in [0.15, 0.2) is 48.5 Å². The molecule has 0 bridgehead atoms. The van der Waals surface area contributed by atoms with Crippen LogP contribution >= 0.6 is 0 Å². The average Bonchev–Trinajstić information content (AvgIpc) is 2.67. The Morgan fingerprint density at radius 1 is 1.04 bits per heavy atom. The van der Waals surface area contributed by atoms with E-state index in [0.29, 0.717) is 25.2 Å². The number of carbonyl (C=O) groups excluding carboxylic acids is 1. The number of nitrogens with zero attached hydrogens (tertiary/aromatic N) is 2. The fourth-order valence-corrected chi connectivity index (χ4v) is 3.10. The molecule has 2 aromatic carbocycles. The summed E-state index contributed by atoms with van der Waals surface area (Å²) >= 11 is 0. The van der Waals surface area contributed by atoms with Crippen LogP contribution in [0.4, 0.5) is 20.6 Å². The highest BCUT2D eigenvalue weighted by Gasteiger charge is 2.25. The van der Waals surface area contributed by atoms with E-state index in [1.807, 2.05) is 51.1 Å². The van der Waals surface area contributed by atoms with Gasteiger partial charge in [0, 0.05) is 49.7 Å². The maximum absolute atomic E-state index is 13.7. The molecule has 0 aromatic heterocycles. The minimum Gasteiger partial charge on any atom is -0.444 e. The van der Waals surface area contributed by atoms with Crippen molar-refractivity contribution in [3.63, 3.8) is 0 Å². The van der Waals surface area contributed by atoms with Gasteiger partial charge in [0.15, 0.2) is 0 Å². The fraction of sp³-hybridized carbons (Fsp3) is 0.409. The highest BCUT2D eigenvalue weighted by molar-refractivity contribution is 5.68. The number of halogens is 1. The summed E-state index contributed by atoms with van der Waals surface area (Å²) in [6, 6.07) is 14.9. The van der Waals surface area contributed by atoms with Crippen LogP contribution in [-0.4, -0.2) is 42.8 Å². The third kappa shape index (κ3) is 5.38. The van der Waals surface area contributed by atoms with E-state index in [9.17, 15) is 9.18 Å². The molecule has 0 radical (unpaired) electrons. The van der Waals surface area contributed by atoms with Crippen LogP contribution in [-0.2, 0) is 11.3 Å². The Morgan fingerprint density at radius 3 is 2.29 bits per heavy atom.